The number of fused-ring (bicyclic) bond motifs is 1. The summed E-state index contributed by atoms with van der Waals surface area (Å²) in [4.78, 5) is 0. The zero-order valence-electron chi connectivity index (χ0n) is 15.6. The van der Waals surface area contributed by atoms with E-state index in [0.29, 0.717) is 0 Å². The first-order chi connectivity index (χ1) is 11.8. The summed E-state index contributed by atoms with van der Waals surface area (Å²) in [5.74, 6) is 0.979. The fourth-order valence-corrected chi connectivity index (χ4v) is 3.00. The Hall–Kier alpha value is -2.55. The third-order valence-corrected chi connectivity index (χ3v) is 4.44. The van der Waals surface area contributed by atoms with Gasteiger partial charge in [-0.2, -0.15) is 5.10 Å². The second-order valence-corrected chi connectivity index (χ2v) is 7.65. The maximum absolute atomic E-state index is 4.62. The van der Waals surface area contributed by atoms with Gasteiger partial charge in [0, 0.05) is 30.6 Å². The van der Waals surface area contributed by atoms with E-state index in [4.69, 9.17) is 0 Å². The van der Waals surface area contributed by atoms with Gasteiger partial charge in [0.2, 0.25) is 0 Å². The van der Waals surface area contributed by atoms with Gasteiger partial charge in [-0.15, -0.1) is 0 Å². The molecule has 3 rings (SSSR count). The molecule has 1 aromatic carbocycles. The standard InChI is InChI=1S/C22H27N3/c1-16(23-21-15-20(22(2,3)4)24-25(21)5)14-18-12-9-11-17-10-7-6-8-13-19(17)18/h7-13,15,23H,1,6,14H2,2-5H3. The second-order valence-electron chi connectivity index (χ2n) is 7.65. The van der Waals surface area contributed by atoms with Crippen molar-refractivity contribution in [3.8, 4) is 0 Å². The zero-order chi connectivity index (χ0) is 18.0. The predicted octanol–water partition coefficient (Wildman–Crippen LogP) is 5.32. The van der Waals surface area contributed by atoms with E-state index < -0.39 is 0 Å². The van der Waals surface area contributed by atoms with Gasteiger partial charge in [-0.05, 0) is 23.1 Å². The van der Waals surface area contributed by atoms with Gasteiger partial charge in [-0.1, -0.05) is 69.9 Å². The van der Waals surface area contributed by atoms with Gasteiger partial charge in [0.1, 0.15) is 5.82 Å². The van der Waals surface area contributed by atoms with Crippen LogP contribution in [-0.2, 0) is 18.9 Å². The summed E-state index contributed by atoms with van der Waals surface area (Å²) >= 11 is 0. The van der Waals surface area contributed by atoms with Crippen LogP contribution in [0.3, 0.4) is 0 Å². The largest absolute Gasteiger partial charge is 0.344 e. The summed E-state index contributed by atoms with van der Waals surface area (Å²) in [6.07, 6.45) is 10.6. The van der Waals surface area contributed by atoms with Gasteiger partial charge >= 0.3 is 0 Å². The normalized spacial score (nSPS) is 13.4. The van der Waals surface area contributed by atoms with Crippen LogP contribution in [0.2, 0.25) is 0 Å². The van der Waals surface area contributed by atoms with Crippen LogP contribution in [0.15, 0.2) is 48.7 Å². The number of hydrogen-bond donors (Lipinski definition) is 1. The van der Waals surface area contributed by atoms with Gasteiger partial charge in [0.15, 0.2) is 0 Å². The quantitative estimate of drug-likeness (QED) is 0.821. The minimum Gasteiger partial charge on any atom is -0.344 e. The number of aryl methyl sites for hydroxylation is 1. The Kier molecular flexibility index (Phi) is 4.67. The van der Waals surface area contributed by atoms with Crippen molar-refractivity contribution in [3.63, 3.8) is 0 Å². The van der Waals surface area contributed by atoms with E-state index in [0.717, 1.165) is 30.1 Å². The molecule has 0 bridgehead atoms. The van der Waals surface area contributed by atoms with Crippen molar-refractivity contribution < 1.29 is 0 Å². The SMILES string of the molecule is C=C(Cc1cccc2c1C=CCC=C2)Nc1cc(C(C)(C)C)nn1C. The number of benzene rings is 1. The molecule has 1 aromatic heterocycles. The van der Waals surface area contributed by atoms with Crippen molar-refractivity contribution in [3.05, 3.63) is 71.1 Å². The molecule has 25 heavy (non-hydrogen) atoms. The summed E-state index contributed by atoms with van der Waals surface area (Å²) in [6, 6.07) is 8.57. The lowest BCUT2D eigenvalue weighted by molar-refractivity contribution is 0.553. The van der Waals surface area contributed by atoms with E-state index in [1.165, 1.54) is 16.7 Å². The van der Waals surface area contributed by atoms with Crippen LogP contribution >= 0.6 is 0 Å². The maximum Gasteiger partial charge on any atom is 0.128 e. The summed E-state index contributed by atoms with van der Waals surface area (Å²) < 4.78 is 1.89. The first-order valence-corrected chi connectivity index (χ1v) is 8.79. The molecule has 0 saturated carbocycles. The predicted molar refractivity (Wildman–Crippen MR) is 108 cm³/mol. The average molecular weight is 333 g/mol. The molecule has 0 fully saturated rings. The van der Waals surface area contributed by atoms with E-state index in [1.807, 2.05) is 11.7 Å². The van der Waals surface area contributed by atoms with Crippen molar-refractivity contribution in [2.45, 2.75) is 39.0 Å². The molecule has 0 unspecified atom stereocenters. The first kappa shape index (κ1) is 17.3. The Labute approximate surface area is 150 Å². The highest BCUT2D eigenvalue weighted by atomic mass is 15.3. The summed E-state index contributed by atoms with van der Waals surface area (Å²) in [6.45, 7) is 10.8. The molecule has 1 heterocycles. The maximum atomic E-state index is 4.62. The molecule has 3 heteroatoms. The molecule has 3 nitrogen and oxygen atoms in total. The Morgan fingerprint density at radius 3 is 2.72 bits per heavy atom. The lowest BCUT2D eigenvalue weighted by Gasteiger charge is -2.14. The molecule has 0 atom stereocenters. The van der Waals surface area contributed by atoms with Crippen molar-refractivity contribution in [2.75, 3.05) is 5.32 Å². The van der Waals surface area contributed by atoms with Gasteiger partial charge in [0.05, 0.1) is 5.69 Å². The van der Waals surface area contributed by atoms with E-state index in [-0.39, 0.29) is 5.41 Å². The molecule has 0 saturated heterocycles. The monoisotopic (exact) mass is 333 g/mol. The van der Waals surface area contributed by atoms with E-state index in [2.05, 4.69) is 86.3 Å². The van der Waals surface area contributed by atoms with Gasteiger partial charge in [0.25, 0.3) is 0 Å². The van der Waals surface area contributed by atoms with Crippen molar-refractivity contribution >= 4 is 18.0 Å². The molecule has 0 radical (unpaired) electrons. The number of aromatic nitrogens is 2. The Morgan fingerprint density at radius 2 is 2.00 bits per heavy atom. The molecule has 1 aliphatic carbocycles. The first-order valence-electron chi connectivity index (χ1n) is 8.79. The molecule has 2 aromatic rings. The molecule has 1 aliphatic rings. The number of nitrogens with one attached hydrogen (secondary N) is 1. The molecular formula is C22H27N3. The van der Waals surface area contributed by atoms with Gasteiger partial charge in [-0.3, -0.25) is 4.68 Å². The second kappa shape index (κ2) is 6.75. The fraction of sp³-hybridized carbons (Fsp3) is 0.318. The van der Waals surface area contributed by atoms with Crippen LogP contribution in [0, 0.1) is 0 Å². The number of anilines is 1. The third-order valence-electron chi connectivity index (χ3n) is 4.44. The molecule has 0 spiro atoms. The third kappa shape index (κ3) is 3.93. The smallest absolute Gasteiger partial charge is 0.128 e. The molecule has 1 N–H and O–H groups in total. The van der Waals surface area contributed by atoms with E-state index in [1.54, 1.807) is 0 Å². The fourth-order valence-electron chi connectivity index (χ4n) is 3.00. The number of allylic oxidation sites excluding steroid dienone is 3. The highest BCUT2D eigenvalue weighted by Crippen LogP contribution is 2.26. The Morgan fingerprint density at radius 1 is 1.24 bits per heavy atom. The van der Waals surface area contributed by atoms with Crippen molar-refractivity contribution in [1.82, 2.24) is 9.78 Å². The minimum absolute atomic E-state index is 0.0346. The Balaban J connectivity index is 1.79. The molecule has 130 valence electrons. The van der Waals surface area contributed by atoms with Crippen LogP contribution < -0.4 is 5.32 Å². The van der Waals surface area contributed by atoms with E-state index >= 15 is 0 Å². The zero-order valence-corrected chi connectivity index (χ0v) is 15.6. The van der Waals surface area contributed by atoms with Crippen LogP contribution in [0.25, 0.3) is 12.2 Å². The van der Waals surface area contributed by atoms with Gasteiger partial charge in [-0.25, -0.2) is 0 Å². The number of rotatable bonds is 4. The molecule has 0 amide bonds. The lowest BCUT2D eigenvalue weighted by Crippen LogP contribution is -2.12. The molecule has 0 aliphatic heterocycles. The highest BCUT2D eigenvalue weighted by Gasteiger charge is 2.19. The van der Waals surface area contributed by atoms with Crippen LogP contribution in [-0.4, -0.2) is 9.78 Å². The van der Waals surface area contributed by atoms with Crippen LogP contribution in [0.5, 0.6) is 0 Å². The minimum atomic E-state index is 0.0346. The topological polar surface area (TPSA) is 29.9 Å². The molecular weight excluding hydrogens is 306 g/mol. The van der Waals surface area contributed by atoms with Crippen LogP contribution in [0.4, 0.5) is 5.82 Å². The van der Waals surface area contributed by atoms with Crippen molar-refractivity contribution in [1.29, 1.82) is 0 Å². The average Bonchev–Trinajstić information content (AvgIpc) is 2.76. The summed E-state index contributed by atoms with van der Waals surface area (Å²) in [7, 11) is 1.97. The summed E-state index contributed by atoms with van der Waals surface area (Å²) in [5.41, 5.74) is 5.93. The van der Waals surface area contributed by atoms with Crippen molar-refractivity contribution in [2.24, 2.45) is 7.05 Å². The highest BCUT2D eigenvalue weighted by molar-refractivity contribution is 5.70. The number of nitrogens with zero attached hydrogens (tertiary/aromatic N) is 2. The lowest BCUT2D eigenvalue weighted by atomic mass is 9.92. The number of hydrogen-bond acceptors (Lipinski definition) is 2. The Bertz CT molecular complexity index is 845. The van der Waals surface area contributed by atoms with Gasteiger partial charge < -0.3 is 5.32 Å². The van der Waals surface area contributed by atoms with Crippen LogP contribution in [0.1, 0.15) is 49.6 Å². The summed E-state index contributed by atoms with van der Waals surface area (Å²) in [5, 5.41) is 8.05. The van der Waals surface area contributed by atoms with E-state index in [9.17, 15) is 0 Å².